The second kappa shape index (κ2) is 7.62. The van der Waals surface area contributed by atoms with Crippen molar-refractivity contribution in [3.8, 4) is 0 Å². The van der Waals surface area contributed by atoms with E-state index in [1.807, 2.05) is 0 Å². The summed E-state index contributed by atoms with van der Waals surface area (Å²) in [6.45, 7) is 1.56. The normalized spacial score (nSPS) is 20.9. The molecule has 2 heterocycles. The molecule has 1 spiro atoms. The van der Waals surface area contributed by atoms with Crippen LogP contribution in [0.4, 0.5) is 36.8 Å². The summed E-state index contributed by atoms with van der Waals surface area (Å²) in [7, 11) is 0. The van der Waals surface area contributed by atoms with Gasteiger partial charge in [0, 0.05) is 25.2 Å². The summed E-state index contributed by atoms with van der Waals surface area (Å²) in [5.41, 5.74) is 0.794. The van der Waals surface area contributed by atoms with Crippen LogP contribution in [0.25, 0.3) is 0 Å². The lowest BCUT2D eigenvalue weighted by Crippen LogP contribution is -2.49. The van der Waals surface area contributed by atoms with Crippen LogP contribution in [0.5, 0.6) is 0 Å². The van der Waals surface area contributed by atoms with Gasteiger partial charge in [0.25, 0.3) is 6.10 Å². The molecule has 0 radical (unpaired) electrons. The molecule has 2 aliphatic rings. The predicted molar refractivity (Wildman–Crippen MR) is 91.3 cm³/mol. The van der Waals surface area contributed by atoms with Gasteiger partial charge >= 0.3 is 18.4 Å². The molecule has 0 bridgehead atoms. The van der Waals surface area contributed by atoms with Crippen molar-refractivity contribution in [2.75, 3.05) is 18.4 Å². The van der Waals surface area contributed by atoms with Crippen LogP contribution < -0.4 is 5.32 Å². The summed E-state index contributed by atoms with van der Waals surface area (Å²) in [6.07, 6.45) is -14.7. The maximum Gasteiger partial charge on any atom is 0.434 e. The smallest absolute Gasteiger partial charge is 0.426 e. The second-order valence-corrected chi connectivity index (χ2v) is 7.58. The topological polar surface area (TPSA) is 71.5 Å². The average Bonchev–Trinajstić information content (AvgIpc) is 3.33. The Hall–Kier alpha value is -2.53. The van der Waals surface area contributed by atoms with E-state index >= 15 is 0 Å². The van der Waals surface area contributed by atoms with Crippen molar-refractivity contribution < 1.29 is 40.7 Å². The molecular weight excluding hydrogens is 420 g/mol. The Balaban J connectivity index is 1.54. The van der Waals surface area contributed by atoms with E-state index in [1.54, 1.807) is 25.3 Å². The lowest BCUT2D eigenvalue weighted by atomic mass is 9.91. The van der Waals surface area contributed by atoms with Gasteiger partial charge in [-0.2, -0.15) is 26.3 Å². The number of carbonyl (C=O) groups excluding carboxylic acids is 2. The molecule has 1 aromatic rings. The summed E-state index contributed by atoms with van der Waals surface area (Å²) < 4.78 is 79.1. The van der Waals surface area contributed by atoms with Gasteiger partial charge in [-0.3, -0.25) is 9.78 Å². The van der Waals surface area contributed by atoms with Gasteiger partial charge in [-0.15, -0.1) is 0 Å². The van der Waals surface area contributed by atoms with E-state index in [-0.39, 0.29) is 37.8 Å². The molecule has 1 aliphatic heterocycles. The summed E-state index contributed by atoms with van der Waals surface area (Å²) in [6, 6.07) is 3.37. The molecule has 30 heavy (non-hydrogen) atoms. The van der Waals surface area contributed by atoms with Crippen molar-refractivity contribution in [3.63, 3.8) is 0 Å². The van der Waals surface area contributed by atoms with Gasteiger partial charge in [-0.25, -0.2) is 4.79 Å². The molecule has 166 valence electrons. The second-order valence-electron chi connectivity index (χ2n) is 7.58. The number of hydrogen-bond acceptors (Lipinski definition) is 4. The van der Waals surface area contributed by atoms with E-state index < -0.39 is 30.0 Å². The molecule has 1 atom stereocenters. The standard InChI is InChI=1S/C18H19F6N3O3/c1-10-12(3-2-6-25-10)26-13(28)11-9-16(11)4-7-27(8-5-16)15(29)30-14(17(19,20)21)18(22,23)24/h2-3,6,11,14H,4-5,7-9H2,1H3,(H,26,28)/t11-/m1/s1. The molecule has 0 aromatic carbocycles. The van der Waals surface area contributed by atoms with Gasteiger partial charge in [0.2, 0.25) is 5.91 Å². The number of likely N-dealkylation sites (tertiary alicyclic amines) is 1. The number of nitrogens with zero attached hydrogens (tertiary/aromatic N) is 2. The minimum atomic E-state index is -5.75. The largest absolute Gasteiger partial charge is 0.434 e. The number of ether oxygens (including phenoxy) is 1. The molecule has 6 nitrogen and oxygen atoms in total. The first-order chi connectivity index (χ1) is 13.8. The Morgan fingerprint density at radius 3 is 2.33 bits per heavy atom. The van der Waals surface area contributed by atoms with E-state index in [0.717, 1.165) is 4.90 Å². The fourth-order valence-corrected chi connectivity index (χ4v) is 3.74. The lowest BCUT2D eigenvalue weighted by molar-refractivity contribution is -0.308. The molecule has 2 fully saturated rings. The van der Waals surface area contributed by atoms with Gasteiger partial charge in [0.05, 0.1) is 11.4 Å². The highest BCUT2D eigenvalue weighted by Gasteiger charge is 2.61. The van der Waals surface area contributed by atoms with Crippen LogP contribution in [0, 0.1) is 18.3 Å². The molecule has 1 saturated heterocycles. The Labute approximate surface area is 167 Å². The fourth-order valence-electron chi connectivity index (χ4n) is 3.74. The molecule has 1 N–H and O–H groups in total. The Kier molecular flexibility index (Phi) is 5.63. The number of hydrogen-bond donors (Lipinski definition) is 1. The SMILES string of the molecule is Cc1ncccc1NC(=O)[C@H]1CC12CCN(C(=O)OC(C(F)(F)F)C(F)(F)F)CC2. The minimum absolute atomic E-state index is 0.0863. The van der Waals surface area contributed by atoms with E-state index in [9.17, 15) is 35.9 Å². The Morgan fingerprint density at radius 2 is 1.80 bits per heavy atom. The number of pyridine rings is 1. The Bertz CT molecular complexity index is 804. The number of anilines is 1. The van der Waals surface area contributed by atoms with Crippen molar-refractivity contribution in [1.29, 1.82) is 0 Å². The number of halogens is 6. The molecule has 1 aromatic heterocycles. The minimum Gasteiger partial charge on any atom is -0.426 e. The number of piperidine rings is 1. The van der Waals surface area contributed by atoms with Crippen LogP contribution >= 0.6 is 0 Å². The van der Waals surface area contributed by atoms with Crippen LogP contribution in [0.3, 0.4) is 0 Å². The van der Waals surface area contributed by atoms with E-state index in [2.05, 4.69) is 15.0 Å². The molecule has 2 amide bonds. The molecule has 0 unspecified atom stereocenters. The maximum atomic E-state index is 12.6. The number of rotatable bonds is 3. The number of aryl methyl sites for hydroxylation is 1. The van der Waals surface area contributed by atoms with Gasteiger partial charge in [-0.1, -0.05) is 0 Å². The van der Waals surface area contributed by atoms with E-state index in [4.69, 9.17) is 0 Å². The van der Waals surface area contributed by atoms with Crippen LogP contribution in [0.2, 0.25) is 0 Å². The van der Waals surface area contributed by atoms with Crippen LogP contribution in [0.1, 0.15) is 25.0 Å². The maximum absolute atomic E-state index is 12.6. The van der Waals surface area contributed by atoms with Gasteiger partial charge in [-0.05, 0) is 43.7 Å². The number of nitrogens with one attached hydrogen (secondary N) is 1. The van der Waals surface area contributed by atoms with Crippen LogP contribution in [-0.4, -0.2) is 53.4 Å². The number of amides is 2. The molecule has 1 saturated carbocycles. The highest BCUT2D eigenvalue weighted by Crippen LogP contribution is 2.59. The third-order valence-electron chi connectivity index (χ3n) is 5.60. The van der Waals surface area contributed by atoms with Crippen LogP contribution in [0.15, 0.2) is 18.3 Å². The monoisotopic (exact) mass is 439 g/mol. The lowest BCUT2D eigenvalue weighted by Gasteiger charge is -2.33. The van der Waals surface area contributed by atoms with Crippen LogP contribution in [-0.2, 0) is 9.53 Å². The summed E-state index contributed by atoms with van der Waals surface area (Å²) in [5, 5.41) is 2.78. The highest BCUT2D eigenvalue weighted by atomic mass is 19.4. The van der Waals surface area contributed by atoms with E-state index in [1.165, 1.54) is 0 Å². The zero-order chi connectivity index (χ0) is 22.3. The first-order valence-electron chi connectivity index (χ1n) is 9.15. The summed E-state index contributed by atoms with van der Waals surface area (Å²) in [4.78, 5) is 29.2. The summed E-state index contributed by atoms with van der Waals surface area (Å²) in [5.74, 6) is -0.565. The predicted octanol–water partition coefficient (Wildman–Crippen LogP) is 4.06. The quantitative estimate of drug-likeness (QED) is 0.722. The first-order valence-corrected chi connectivity index (χ1v) is 9.15. The van der Waals surface area contributed by atoms with Gasteiger partial charge in [0.15, 0.2) is 0 Å². The molecule has 12 heteroatoms. The van der Waals surface area contributed by atoms with Crippen molar-refractivity contribution >= 4 is 17.7 Å². The zero-order valence-corrected chi connectivity index (χ0v) is 15.8. The van der Waals surface area contributed by atoms with Gasteiger partial charge in [0.1, 0.15) is 0 Å². The average molecular weight is 439 g/mol. The summed E-state index contributed by atoms with van der Waals surface area (Å²) >= 11 is 0. The zero-order valence-electron chi connectivity index (χ0n) is 15.8. The van der Waals surface area contributed by atoms with Crippen molar-refractivity contribution in [3.05, 3.63) is 24.0 Å². The third-order valence-corrected chi connectivity index (χ3v) is 5.60. The molecular formula is C18H19F6N3O3. The van der Waals surface area contributed by atoms with Crippen molar-refractivity contribution in [1.82, 2.24) is 9.88 Å². The van der Waals surface area contributed by atoms with E-state index in [0.29, 0.717) is 17.8 Å². The highest BCUT2D eigenvalue weighted by molar-refractivity contribution is 5.95. The molecule has 1 aliphatic carbocycles. The molecule has 3 rings (SSSR count). The first kappa shape index (κ1) is 22.2. The van der Waals surface area contributed by atoms with Crippen molar-refractivity contribution in [2.24, 2.45) is 11.3 Å². The Morgan fingerprint density at radius 1 is 1.20 bits per heavy atom. The fraction of sp³-hybridized carbons (Fsp3) is 0.611. The number of aromatic nitrogens is 1. The number of alkyl halides is 6. The van der Waals surface area contributed by atoms with Gasteiger partial charge < -0.3 is 15.0 Å². The van der Waals surface area contributed by atoms with Crippen molar-refractivity contribution in [2.45, 2.75) is 44.6 Å². The third kappa shape index (κ3) is 4.62. The number of carbonyl (C=O) groups is 2.